The second kappa shape index (κ2) is 8.74. The number of thiazole rings is 1. The normalized spacial score (nSPS) is 12.4. The number of hydrogen-bond donors (Lipinski definition) is 0. The van der Waals surface area contributed by atoms with Gasteiger partial charge in [-0.1, -0.05) is 63.6 Å². The molecule has 172 valence electrons. The Kier molecular flexibility index (Phi) is 5.90. The van der Waals surface area contributed by atoms with E-state index in [-0.39, 0.29) is 17.4 Å². The average molecular weight is 532 g/mol. The number of rotatable bonds is 4. The van der Waals surface area contributed by atoms with Gasteiger partial charge in [0, 0.05) is 28.9 Å². The van der Waals surface area contributed by atoms with Crippen molar-refractivity contribution in [3.8, 4) is 28.1 Å². The molecular formula is C24H17Cl3N4O2S. The van der Waals surface area contributed by atoms with Crippen LogP contribution in [0.4, 0.5) is 0 Å². The van der Waals surface area contributed by atoms with Crippen LogP contribution in [0.5, 0.6) is 5.75 Å². The topological polar surface area (TPSA) is 66.2 Å². The molecule has 1 unspecified atom stereocenters. The standard InChI is InChI=1S/C24H17Cl3N4O2S/c1-13(19-12-28-24(27)34-19)30-20-7-8-29(2)31(20)23(33)21(15-9-16(25)11-17(26)10-15)22(30)14-3-5-18(32)6-4-14/h3-13H,1-2H3. The predicted octanol–water partition coefficient (Wildman–Crippen LogP) is 5.36. The van der Waals surface area contributed by atoms with Crippen LogP contribution < -0.4 is 15.2 Å². The highest BCUT2D eigenvalue weighted by Crippen LogP contribution is 2.34. The van der Waals surface area contributed by atoms with E-state index < -0.39 is 0 Å². The Morgan fingerprint density at radius 1 is 1.03 bits per heavy atom. The first kappa shape index (κ1) is 22.9. The van der Waals surface area contributed by atoms with Crippen LogP contribution in [-0.4, -0.2) is 14.2 Å². The van der Waals surface area contributed by atoms with Crippen LogP contribution in [0.3, 0.4) is 0 Å². The summed E-state index contributed by atoms with van der Waals surface area (Å²) in [7, 11) is 1.80. The van der Waals surface area contributed by atoms with E-state index >= 15 is 0 Å². The van der Waals surface area contributed by atoms with Crippen molar-refractivity contribution >= 4 is 51.8 Å². The van der Waals surface area contributed by atoms with Crippen molar-refractivity contribution in [2.45, 2.75) is 13.0 Å². The molecule has 1 atom stereocenters. The van der Waals surface area contributed by atoms with Gasteiger partial charge in [0.15, 0.2) is 10.2 Å². The van der Waals surface area contributed by atoms with E-state index in [9.17, 15) is 9.90 Å². The predicted molar refractivity (Wildman–Crippen MR) is 134 cm³/mol. The number of aromatic nitrogens is 4. The van der Waals surface area contributed by atoms with Gasteiger partial charge < -0.3 is 5.11 Å². The number of halogens is 3. The zero-order chi connectivity index (χ0) is 24.1. The fraction of sp³-hybridized carbons (Fsp3) is 0.125. The number of aryl methyl sites for hydroxylation is 1. The summed E-state index contributed by atoms with van der Waals surface area (Å²) in [5.41, 5.74) is 2.74. The molecule has 2 aromatic carbocycles. The third-order valence-electron chi connectivity index (χ3n) is 5.68. The molecule has 3 aromatic heterocycles. The Morgan fingerprint density at radius 3 is 2.32 bits per heavy atom. The lowest BCUT2D eigenvalue weighted by Gasteiger charge is -2.18. The summed E-state index contributed by atoms with van der Waals surface area (Å²) in [5, 5.41) is 12.7. The molecule has 3 heterocycles. The second-order valence-electron chi connectivity index (χ2n) is 7.83. The first-order valence-electron chi connectivity index (χ1n) is 10.3. The van der Waals surface area contributed by atoms with Crippen molar-refractivity contribution in [1.82, 2.24) is 14.2 Å². The summed E-state index contributed by atoms with van der Waals surface area (Å²) in [6.07, 6.45) is 3.55. The minimum Gasteiger partial charge on any atom is -0.872 e. The molecule has 6 nitrogen and oxygen atoms in total. The summed E-state index contributed by atoms with van der Waals surface area (Å²) < 4.78 is 5.80. The van der Waals surface area contributed by atoms with Crippen molar-refractivity contribution < 1.29 is 9.67 Å². The number of fused-ring (bicyclic) bond motifs is 1. The monoisotopic (exact) mass is 530 g/mol. The highest BCUT2D eigenvalue weighted by atomic mass is 35.5. The molecule has 0 aliphatic carbocycles. The van der Waals surface area contributed by atoms with E-state index in [1.807, 2.05) is 19.2 Å². The van der Waals surface area contributed by atoms with Crippen molar-refractivity contribution in [2.24, 2.45) is 7.05 Å². The SMILES string of the molecule is CC(c1cnc(Cl)s1)[n+]1c(-c2ccc([O-])cc2)c(-c2cc(Cl)cc(Cl)c2)c(=O)n2c1ccn2C. The van der Waals surface area contributed by atoms with Crippen LogP contribution in [0.25, 0.3) is 28.0 Å². The quantitative estimate of drug-likeness (QED) is 0.293. The van der Waals surface area contributed by atoms with Gasteiger partial charge in [0.1, 0.15) is 11.6 Å². The molecule has 5 rings (SSSR count). The third kappa shape index (κ3) is 3.88. The van der Waals surface area contributed by atoms with Gasteiger partial charge in [-0.15, -0.1) is 17.1 Å². The first-order chi connectivity index (χ1) is 16.2. The van der Waals surface area contributed by atoms with Crippen LogP contribution in [0.1, 0.15) is 17.8 Å². The smallest absolute Gasteiger partial charge is 0.369 e. The Bertz CT molecular complexity index is 1590. The van der Waals surface area contributed by atoms with Crippen molar-refractivity contribution in [3.63, 3.8) is 0 Å². The summed E-state index contributed by atoms with van der Waals surface area (Å²) in [5.74, 6) is -0.123. The Hall–Kier alpha value is -2.84. The van der Waals surface area contributed by atoms with Gasteiger partial charge in [-0.05, 0) is 30.7 Å². The van der Waals surface area contributed by atoms with E-state index in [4.69, 9.17) is 34.8 Å². The maximum Gasteiger partial charge on any atom is 0.369 e. The van der Waals surface area contributed by atoms with Crippen LogP contribution in [0, 0.1) is 0 Å². The van der Waals surface area contributed by atoms with E-state index in [0.717, 1.165) is 4.88 Å². The molecule has 10 heteroatoms. The van der Waals surface area contributed by atoms with E-state index in [2.05, 4.69) is 9.55 Å². The summed E-state index contributed by atoms with van der Waals surface area (Å²) in [6.45, 7) is 2.02. The average Bonchev–Trinajstić information content (AvgIpc) is 3.39. The lowest BCUT2D eigenvalue weighted by Crippen LogP contribution is -2.46. The number of benzene rings is 2. The fourth-order valence-corrected chi connectivity index (χ4v) is 5.70. The van der Waals surface area contributed by atoms with Gasteiger partial charge in [0.25, 0.3) is 0 Å². The lowest BCUT2D eigenvalue weighted by molar-refractivity contribution is -0.677. The molecule has 0 saturated carbocycles. The van der Waals surface area contributed by atoms with Crippen LogP contribution in [0.15, 0.2) is 65.7 Å². The molecule has 0 saturated heterocycles. The van der Waals surface area contributed by atoms with E-state index in [1.54, 1.807) is 52.8 Å². The maximum atomic E-state index is 14.0. The van der Waals surface area contributed by atoms with Gasteiger partial charge in [-0.3, -0.25) is 0 Å². The zero-order valence-electron chi connectivity index (χ0n) is 18.0. The number of hydrogen-bond acceptors (Lipinski definition) is 4. The summed E-state index contributed by atoms with van der Waals surface area (Å²) in [4.78, 5) is 19.1. The second-order valence-corrected chi connectivity index (χ2v) is 10.3. The summed E-state index contributed by atoms with van der Waals surface area (Å²) >= 11 is 20.2. The van der Waals surface area contributed by atoms with Crippen molar-refractivity contribution in [2.75, 3.05) is 0 Å². The molecule has 0 N–H and O–H groups in total. The zero-order valence-corrected chi connectivity index (χ0v) is 21.1. The molecule has 0 aliphatic rings. The van der Waals surface area contributed by atoms with Gasteiger partial charge in [0.05, 0.1) is 17.1 Å². The molecule has 0 spiro atoms. The number of nitrogens with zero attached hydrogens (tertiary/aromatic N) is 4. The van der Waals surface area contributed by atoms with Gasteiger partial charge in [-0.2, -0.15) is 0 Å². The maximum absolute atomic E-state index is 14.0. The van der Waals surface area contributed by atoms with E-state index in [1.165, 1.54) is 23.5 Å². The molecule has 0 bridgehead atoms. The minimum absolute atomic E-state index is 0.123. The van der Waals surface area contributed by atoms with Crippen LogP contribution in [0.2, 0.25) is 14.5 Å². The Morgan fingerprint density at radius 2 is 1.71 bits per heavy atom. The first-order valence-corrected chi connectivity index (χ1v) is 12.2. The highest BCUT2D eigenvalue weighted by molar-refractivity contribution is 7.15. The Balaban J connectivity index is 1.98. The lowest BCUT2D eigenvalue weighted by atomic mass is 9.99. The molecule has 34 heavy (non-hydrogen) atoms. The molecule has 0 fully saturated rings. The van der Waals surface area contributed by atoms with E-state index in [0.29, 0.717) is 42.5 Å². The summed E-state index contributed by atoms with van der Waals surface area (Å²) in [6, 6.07) is 13.1. The van der Waals surface area contributed by atoms with Crippen molar-refractivity contribution in [3.05, 3.63) is 90.7 Å². The molecule has 0 amide bonds. The fourth-order valence-electron chi connectivity index (χ4n) is 4.18. The third-order valence-corrected chi connectivity index (χ3v) is 7.40. The Labute approximate surface area is 213 Å². The largest absolute Gasteiger partial charge is 0.872 e. The van der Waals surface area contributed by atoms with Crippen LogP contribution in [-0.2, 0) is 7.05 Å². The van der Waals surface area contributed by atoms with Crippen molar-refractivity contribution in [1.29, 1.82) is 0 Å². The molecule has 5 aromatic rings. The van der Waals surface area contributed by atoms with Gasteiger partial charge >= 0.3 is 11.2 Å². The molecule has 0 radical (unpaired) electrons. The molecular weight excluding hydrogens is 515 g/mol. The highest BCUT2D eigenvalue weighted by Gasteiger charge is 2.32. The van der Waals surface area contributed by atoms with Crippen LogP contribution >= 0.6 is 46.1 Å². The minimum atomic E-state index is -0.243. The van der Waals surface area contributed by atoms with Gasteiger partial charge in [0.2, 0.25) is 0 Å². The van der Waals surface area contributed by atoms with Gasteiger partial charge in [-0.25, -0.2) is 19.0 Å². The molecule has 0 aliphatic heterocycles.